The third-order valence-electron chi connectivity index (χ3n) is 4.22. The molecule has 3 aromatic heterocycles. The van der Waals surface area contributed by atoms with Gasteiger partial charge in [0, 0.05) is 6.20 Å². The molecule has 28 heavy (non-hydrogen) atoms. The molecule has 6 nitrogen and oxygen atoms in total. The minimum absolute atomic E-state index is 0.228. The summed E-state index contributed by atoms with van der Waals surface area (Å²) < 4.78 is 12.4. The number of ether oxygens (including phenoxy) is 1. The van der Waals surface area contributed by atoms with Gasteiger partial charge in [0.25, 0.3) is 5.91 Å². The number of carbonyl (C=O) groups is 1. The number of pyridine rings is 1. The number of halogens is 1. The van der Waals surface area contributed by atoms with E-state index in [1.165, 1.54) is 11.3 Å². The summed E-state index contributed by atoms with van der Waals surface area (Å²) in [4.78, 5) is 23.8. The predicted molar refractivity (Wildman–Crippen MR) is 112 cm³/mol. The van der Waals surface area contributed by atoms with Crippen LogP contribution in [0.15, 0.2) is 57.7 Å². The fourth-order valence-corrected chi connectivity index (χ4v) is 4.18. The van der Waals surface area contributed by atoms with Crippen molar-refractivity contribution in [2.75, 3.05) is 12.0 Å². The Labute approximate surface area is 173 Å². The number of anilines is 1. The van der Waals surface area contributed by atoms with Crippen LogP contribution in [0.4, 0.5) is 5.13 Å². The number of aromatic nitrogens is 2. The number of hydrogen-bond acceptors (Lipinski definition) is 6. The van der Waals surface area contributed by atoms with Gasteiger partial charge in [-0.05, 0) is 58.7 Å². The highest BCUT2D eigenvalue weighted by atomic mass is 79.9. The van der Waals surface area contributed by atoms with Crippen LogP contribution >= 0.6 is 27.3 Å². The van der Waals surface area contributed by atoms with Crippen LogP contribution < -0.4 is 9.64 Å². The standard InChI is InChI=1S/C20H16BrN3O3S/c1-12-6-7-14(26-2)17-18(12)28-20(23-17)24(11-13-5-3-4-10-22-13)19(25)15-8-9-16(21)27-15/h3-10H,11H2,1-2H3. The van der Waals surface area contributed by atoms with E-state index in [2.05, 4.69) is 20.9 Å². The first-order chi connectivity index (χ1) is 13.6. The Morgan fingerprint density at radius 1 is 1.25 bits per heavy atom. The average Bonchev–Trinajstić information content (AvgIpc) is 3.34. The van der Waals surface area contributed by atoms with E-state index in [9.17, 15) is 4.79 Å². The number of carbonyl (C=O) groups excluding carboxylic acids is 1. The van der Waals surface area contributed by atoms with Crippen molar-refractivity contribution >= 4 is 48.5 Å². The van der Waals surface area contributed by atoms with Gasteiger partial charge in [-0.2, -0.15) is 0 Å². The SMILES string of the molecule is COc1ccc(C)c2sc(N(Cc3ccccn3)C(=O)c3ccc(Br)o3)nc12. The van der Waals surface area contributed by atoms with Gasteiger partial charge in [0.05, 0.1) is 24.0 Å². The zero-order valence-electron chi connectivity index (χ0n) is 15.2. The van der Waals surface area contributed by atoms with Crippen molar-refractivity contribution in [3.05, 3.63) is 70.3 Å². The molecule has 4 aromatic rings. The average molecular weight is 458 g/mol. The molecule has 0 aliphatic carbocycles. The highest BCUT2D eigenvalue weighted by Crippen LogP contribution is 2.37. The first kappa shape index (κ1) is 18.6. The molecule has 0 atom stereocenters. The van der Waals surface area contributed by atoms with Crippen LogP contribution in [0.1, 0.15) is 21.8 Å². The normalized spacial score (nSPS) is 11.0. The second kappa shape index (κ2) is 7.73. The topological polar surface area (TPSA) is 68.5 Å². The Morgan fingerprint density at radius 3 is 2.79 bits per heavy atom. The summed E-state index contributed by atoms with van der Waals surface area (Å²) in [5, 5.41) is 0.561. The number of aryl methyl sites for hydroxylation is 1. The molecule has 142 valence electrons. The molecule has 0 saturated carbocycles. The zero-order chi connectivity index (χ0) is 19.7. The number of benzene rings is 1. The minimum Gasteiger partial charge on any atom is -0.494 e. The Balaban J connectivity index is 1.82. The second-order valence-electron chi connectivity index (χ2n) is 6.08. The number of hydrogen-bond donors (Lipinski definition) is 0. The van der Waals surface area contributed by atoms with Gasteiger partial charge in [-0.25, -0.2) is 4.98 Å². The van der Waals surface area contributed by atoms with E-state index in [0.29, 0.717) is 15.6 Å². The second-order valence-corrected chi connectivity index (χ2v) is 7.83. The quantitative estimate of drug-likeness (QED) is 0.411. The summed E-state index contributed by atoms with van der Waals surface area (Å²) in [6, 6.07) is 12.8. The fourth-order valence-electron chi connectivity index (χ4n) is 2.82. The maximum atomic E-state index is 13.2. The van der Waals surface area contributed by atoms with E-state index in [-0.39, 0.29) is 18.2 Å². The molecule has 0 N–H and O–H groups in total. The number of thiazole rings is 1. The van der Waals surface area contributed by atoms with E-state index in [0.717, 1.165) is 21.5 Å². The zero-order valence-corrected chi connectivity index (χ0v) is 17.6. The molecule has 4 rings (SSSR count). The molecule has 0 radical (unpaired) electrons. The Hall–Kier alpha value is -2.71. The van der Waals surface area contributed by atoms with Crippen LogP contribution in [0.25, 0.3) is 10.2 Å². The molecule has 1 amide bonds. The van der Waals surface area contributed by atoms with Gasteiger partial charge in [0.15, 0.2) is 15.6 Å². The number of methoxy groups -OCH3 is 1. The van der Waals surface area contributed by atoms with Gasteiger partial charge in [-0.3, -0.25) is 14.7 Å². The molecule has 0 unspecified atom stereocenters. The summed E-state index contributed by atoms with van der Waals surface area (Å²) in [6.45, 7) is 2.29. The molecule has 0 fully saturated rings. The fraction of sp³-hybridized carbons (Fsp3) is 0.150. The number of rotatable bonds is 5. The van der Waals surface area contributed by atoms with E-state index < -0.39 is 0 Å². The van der Waals surface area contributed by atoms with Crippen LogP contribution in [0.2, 0.25) is 0 Å². The van der Waals surface area contributed by atoms with Crippen molar-refractivity contribution in [2.24, 2.45) is 0 Å². The lowest BCUT2D eigenvalue weighted by Gasteiger charge is -2.18. The highest BCUT2D eigenvalue weighted by molar-refractivity contribution is 9.10. The highest BCUT2D eigenvalue weighted by Gasteiger charge is 2.25. The van der Waals surface area contributed by atoms with Crippen molar-refractivity contribution in [1.29, 1.82) is 0 Å². The summed E-state index contributed by atoms with van der Waals surface area (Å²) in [6.07, 6.45) is 1.70. The van der Waals surface area contributed by atoms with Crippen molar-refractivity contribution in [1.82, 2.24) is 9.97 Å². The van der Waals surface area contributed by atoms with Gasteiger partial charge in [0.1, 0.15) is 11.3 Å². The van der Waals surface area contributed by atoms with Crippen LogP contribution in [0, 0.1) is 6.92 Å². The minimum atomic E-state index is -0.285. The van der Waals surface area contributed by atoms with E-state index in [1.54, 1.807) is 30.3 Å². The maximum absolute atomic E-state index is 13.2. The summed E-state index contributed by atoms with van der Waals surface area (Å²) in [5.41, 5.74) is 2.57. The molecule has 3 heterocycles. The van der Waals surface area contributed by atoms with E-state index in [1.807, 2.05) is 37.3 Å². The summed E-state index contributed by atoms with van der Waals surface area (Å²) >= 11 is 4.69. The summed E-state index contributed by atoms with van der Waals surface area (Å²) in [5.74, 6) is 0.617. The third-order valence-corrected chi connectivity index (χ3v) is 5.86. The Bertz CT molecular complexity index is 1140. The van der Waals surface area contributed by atoms with Crippen LogP contribution in [0.5, 0.6) is 5.75 Å². The largest absolute Gasteiger partial charge is 0.494 e. The van der Waals surface area contributed by atoms with Gasteiger partial charge in [0.2, 0.25) is 0 Å². The molecule has 0 saturated heterocycles. The van der Waals surface area contributed by atoms with Crippen molar-refractivity contribution in [3.63, 3.8) is 0 Å². The van der Waals surface area contributed by atoms with Crippen LogP contribution in [-0.4, -0.2) is 23.0 Å². The Kier molecular flexibility index (Phi) is 5.15. The summed E-state index contributed by atoms with van der Waals surface area (Å²) in [7, 11) is 1.61. The van der Waals surface area contributed by atoms with Gasteiger partial charge in [-0.1, -0.05) is 23.5 Å². The lowest BCUT2D eigenvalue weighted by molar-refractivity contribution is 0.0957. The van der Waals surface area contributed by atoms with E-state index in [4.69, 9.17) is 14.1 Å². The van der Waals surface area contributed by atoms with Crippen LogP contribution in [0.3, 0.4) is 0 Å². The van der Waals surface area contributed by atoms with Gasteiger partial charge < -0.3 is 9.15 Å². The molecular formula is C20H16BrN3O3S. The molecule has 8 heteroatoms. The number of nitrogens with zero attached hydrogens (tertiary/aromatic N) is 3. The molecule has 0 bridgehead atoms. The van der Waals surface area contributed by atoms with Crippen molar-refractivity contribution in [2.45, 2.75) is 13.5 Å². The van der Waals surface area contributed by atoms with Gasteiger partial charge >= 0.3 is 0 Å². The number of fused-ring (bicyclic) bond motifs is 1. The Morgan fingerprint density at radius 2 is 2.11 bits per heavy atom. The molecule has 0 aliphatic heterocycles. The lowest BCUT2D eigenvalue weighted by atomic mass is 10.2. The first-order valence-electron chi connectivity index (χ1n) is 8.48. The van der Waals surface area contributed by atoms with Crippen molar-refractivity contribution in [3.8, 4) is 5.75 Å². The maximum Gasteiger partial charge on any atom is 0.296 e. The van der Waals surface area contributed by atoms with Gasteiger partial charge in [-0.15, -0.1) is 0 Å². The molecule has 1 aromatic carbocycles. The molecular weight excluding hydrogens is 442 g/mol. The predicted octanol–water partition coefficient (Wildman–Crippen LogP) is 5.21. The smallest absolute Gasteiger partial charge is 0.296 e. The van der Waals surface area contributed by atoms with Crippen molar-refractivity contribution < 1.29 is 13.9 Å². The van der Waals surface area contributed by atoms with Crippen LogP contribution in [-0.2, 0) is 6.54 Å². The number of furan rings is 1. The van der Waals surface area contributed by atoms with E-state index >= 15 is 0 Å². The lowest BCUT2D eigenvalue weighted by Crippen LogP contribution is -2.30. The molecule has 0 spiro atoms. The third kappa shape index (κ3) is 3.53. The molecule has 0 aliphatic rings. The monoisotopic (exact) mass is 457 g/mol. The first-order valence-corrected chi connectivity index (χ1v) is 10.1. The number of amides is 1.